The smallest absolute Gasteiger partial charge is 0.319 e. The Hall–Kier alpha value is -3.19. The average Bonchev–Trinajstić information content (AvgIpc) is 3.66. The van der Waals surface area contributed by atoms with Crippen molar-refractivity contribution in [1.29, 1.82) is 0 Å². The van der Waals surface area contributed by atoms with E-state index in [-0.39, 0.29) is 34.9 Å². The fraction of sp³-hybridized carbons (Fsp3) is 0.517. The van der Waals surface area contributed by atoms with Crippen LogP contribution in [-0.4, -0.2) is 99.8 Å². The number of piperazine rings is 1. The molecule has 220 valence electrons. The summed E-state index contributed by atoms with van der Waals surface area (Å²) in [5.41, 5.74) is 1.58. The van der Waals surface area contributed by atoms with Crippen molar-refractivity contribution in [2.75, 3.05) is 57.4 Å². The third-order valence-corrected chi connectivity index (χ3v) is 9.89. The van der Waals surface area contributed by atoms with Crippen molar-refractivity contribution in [3.8, 4) is 17.3 Å². The van der Waals surface area contributed by atoms with E-state index >= 15 is 4.39 Å². The molecule has 4 aromatic rings. The highest BCUT2D eigenvalue weighted by Crippen LogP contribution is 2.42. The maximum absolute atomic E-state index is 16.7. The second-order valence-corrected chi connectivity index (χ2v) is 12.6. The summed E-state index contributed by atoms with van der Waals surface area (Å²) in [6.07, 6.45) is 4.62. The molecule has 1 aromatic carbocycles. The van der Waals surface area contributed by atoms with Crippen molar-refractivity contribution < 1.29 is 18.3 Å². The second-order valence-electron chi connectivity index (χ2n) is 12.2. The van der Waals surface area contributed by atoms with Gasteiger partial charge in [0.1, 0.15) is 29.8 Å². The van der Waals surface area contributed by atoms with Crippen molar-refractivity contribution in [2.24, 2.45) is 0 Å². The molecule has 10 nitrogen and oxygen atoms in total. The van der Waals surface area contributed by atoms with Crippen molar-refractivity contribution in [3.63, 3.8) is 0 Å². The lowest BCUT2D eigenvalue weighted by Gasteiger charge is -2.49. The summed E-state index contributed by atoms with van der Waals surface area (Å²) in [5.74, 6) is -0.0572. The van der Waals surface area contributed by atoms with Gasteiger partial charge >= 0.3 is 6.01 Å². The molecule has 3 aromatic heterocycles. The normalized spacial score (nSPS) is 25.4. The first-order valence-electron chi connectivity index (χ1n) is 14.4. The maximum Gasteiger partial charge on any atom is 0.319 e. The van der Waals surface area contributed by atoms with Crippen LogP contribution in [0.5, 0.6) is 6.01 Å². The van der Waals surface area contributed by atoms with E-state index in [0.29, 0.717) is 66.4 Å². The SMILES string of the molecule is Cc1cc2[nH]ncc2c(-c2ncc3c(N4CCNC5(COC5)C4)nc(OC[C@@]45CCCN4C[C@H](F)C5)nc3c2F)c1Cl. The molecule has 4 aliphatic heterocycles. The van der Waals surface area contributed by atoms with Crippen molar-refractivity contribution in [2.45, 2.75) is 43.4 Å². The van der Waals surface area contributed by atoms with Gasteiger partial charge in [0.05, 0.1) is 46.4 Å². The van der Waals surface area contributed by atoms with Crippen LogP contribution in [0.25, 0.3) is 33.1 Å². The molecule has 13 heteroatoms. The Morgan fingerprint density at radius 1 is 1.21 bits per heavy atom. The van der Waals surface area contributed by atoms with Gasteiger partial charge in [-0.25, -0.2) is 8.78 Å². The van der Waals surface area contributed by atoms with Crippen LogP contribution in [-0.2, 0) is 4.74 Å². The largest absolute Gasteiger partial charge is 0.461 e. The van der Waals surface area contributed by atoms with E-state index in [1.54, 1.807) is 12.4 Å². The van der Waals surface area contributed by atoms with Gasteiger partial charge in [0, 0.05) is 49.7 Å². The highest BCUT2D eigenvalue weighted by atomic mass is 35.5. The van der Waals surface area contributed by atoms with E-state index < -0.39 is 12.0 Å². The number of pyridine rings is 1. The minimum Gasteiger partial charge on any atom is -0.461 e. The van der Waals surface area contributed by atoms with Crippen LogP contribution in [0, 0.1) is 12.7 Å². The summed E-state index contributed by atoms with van der Waals surface area (Å²) in [5, 5.41) is 12.2. The number of hydrogen-bond donors (Lipinski definition) is 2. The van der Waals surface area contributed by atoms with Gasteiger partial charge in [0.2, 0.25) is 0 Å². The maximum atomic E-state index is 16.7. The van der Waals surface area contributed by atoms with Crippen LogP contribution < -0.4 is 15.0 Å². The Bertz CT molecular complexity index is 1710. The fourth-order valence-electron chi connectivity index (χ4n) is 7.26. The highest BCUT2D eigenvalue weighted by Gasteiger charge is 2.49. The molecule has 0 bridgehead atoms. The number of hydrogen-bond acceptors (Lipinski definition) is 9. The first-order chi connectivity index (χ1) is 20.3. The zero-order valence-corrected chi connectivity index (χ0v) is 24.0. The molecule has 0 saturated carbocycles. The third-order valence-electron chi connectivity index (χ3n) is 9.41. The van der Waals surface area contributed by atoms with Crippen LogP contribution in [0.15, 0.2) is 18.5 Å². The second kappa shape index (κ2) is 9.66. The van der Waals surface area contributed by atoms with Crippen molar-refractivity contribution >= 4 is 39.2 Å². The van der Waals surface area contributed by atoms with Crippen LogP contribution in [0.1, 0.15) is 24.8 Å². The molecule has 4 fully saturated rings. The number of nitrogens with zero attached hydrogens (tertiary/aromatic N) is 6. The number of rotatable bonds is 5. The Kier molecular flexibility index (Phi) is 6.08. The van der Waals surface area contributed by atoms with Gasteiger partial charge in [-0.15, -0.1) is 0 Å². The number of aromatic amines is 1. The van der Waals surface area contributed by atoms with Crippen molar-refractivity contribution in [3.05, 3.63) is 34.9 Å². The van der Waals surface area contributed by atoms with Crippen LogP contribution >= 0.6 is 11.6 Å². The molecule has 2 N–H and O–H groups in total. The number of halogens is 3. The minimum absolute atomic E-state index is 0.0679. The molecule has 2 atom stereocenters. The van der Waals surface area contributed by atoms with Crippen LogP contribution in [0.3, 0.4) is 0 Å². The van der Waals surface area contributed by atoms with Gasteiger partial charge in [-0.05, 0) is 37.9 Å². The molecule has 42 heavy (non-hydrogen) atoms. The standard InChI is InChI=1S/C29H31ClF2N8O2/c1-16-7-20-18(10-35-38-20)21(22(16)30)25-23(32)24-19(9-33-25)26(39-6-4-34-28(12-39)13-41-14-28)37-27(36-24)42-15-29-3-2-5-40(29)11-17(31)8-29/h7,9-10,17,34H,2-6,8,11-15H2,1H3,(H,35,38)/t17-,29+/m1/s1. The van der Waals surface area contributed by atoms with Gasteiger partial charge in [-0.1, -0.05) is 11.6 Å². The summed E-state index contributed by atoms with van der Waals surface area (Å²) in [6, 6.07) is 1.94. The van der Waals surface area contributed by atoms with Crippen LogP contribution in [0.2, 0.25) is 5.02 Å². The van der Waals surface area contributed by atoms with E-state index in [1.165, 1.54) is 0 Å². The zero-order valence-electron chi connectivity index (χ0n) is 23.2. The van der Waals surface area contributed by atoms with Gasteiger partial charge in [-0.3, -0.25) is 15.0 Å². The molecule has 7 heterocycles. The summed E-state index contributed by atoms with van der Waals surface area (Å²) >= 11 is 6.74. The fourth-order valence-corrected chi connectivity index (χ4v) is 7.51. The summed E-state index contributed by atoms with van der Waals surface area (Å²) < 4.78 is 42.8. The lowest BCUT2D eigenvalue weighted by atomic mass is 9.94. The number of benzene rings is 1. The topological polar surface area (TPSA) is 104 Å². The summed E-state index contributed by atoms with van der Waals surface area (Å²) in [7, 11) is 0. The molecule has 4 aliphatic rings. The number of H-pyrrole nitrogens is 1. The molecule has 0 unspecified atom stereocenters. The summed E-state index contributed by atoms with van der Waals surface area (Å²) in [6.45, 7) is 6.61. The number of aromatic nitrogens is 5. The number of anilines is 1. The van der Waals surface area contributed by atoms with Gasteiger partial charge < -0.3 is 19.7 Å². The Morgan fingerprint density at radius 2 is 2.10 bits per heavy atom. The highest BCUT2D eigenvalue weighted by molar-refractivity contribution is 6.35. The lowest BCUT2D eigenvalue weighted by molar-refractivity contribution is -0.0743. The number of alkyl halides is 1. The van der Waals surface area contributed by atoms with E-state index in [1.807, 2.05) is 13.0 Å². The molecule has 0 aliphatic carbocycles. The van der Waals surface area contributed by atoms with E-state index in [9.17, 15) is 4.39 Å². The Balaban J connectivity index is 1.25. The first kappa shape index (κ1) is 26.4. The lowest BCUT2D eigenvalue weighted by Crippen LogP contribution is -2.70. The van der Waals surface area contributed by atoms with E-state index in [0.717, 1.165) is 37.0 Å². The average molecular weight is 597 g/mol. The zero-order chi connectivity index (χ0) is 28.6. The molecular weight excluding hydrogens is 566 g/mol. The molecule has 8 rings (SSSR count). The van der Waals surface area contributed by atoms with Gasteiger partial charge in [0.15, 0.2) is 5.82 Å². The van der Waals surface area contributed by atoms with Gasteiger partial charge in [0.25, 0.3) is 0 Å². The molecule has 4 saturated heterocycles. The first-order valence-corrected chi connectivity index (χ1v) is 14.8. The molecule has 0 amide bonds. The van der Waals surface area contributed by atoms with Crippen LogP contribution in [0.4, 0.5) is 14.6 Å². The molecule has 1 spiro atoms. The minimum atomic E-state index is -0.881. The quantitative estimate of drug-likeness (QED) is 0.356. The van der Waals surface area contributed by atoms with E-state index in [4.69, 9.17) is 26.1 Å². The third kappa shape index (κ3) is 4.06. The summed E-state index contributed by atoms with van der Waals surface area (Å²) in [4.78, 5) is 18.3. The monoisotopic (exact) mass is 596 g/mol. The number of fused-ring (bicyclic) bond motifs is 3. The molecule has 0 radical (unpaired) electrons. The van der Waals surface area contributed by atoms with E-state index in [2.05, 4.69) is 35.3 Å². The van der Waals surface area contributed by atoms with Crippen molar-refractivity contribution in [1.82, 2.24) is 35.4 Å². The predicted molar refractivity (Wildman–Crippen MR) is 154 cm³/mol. The number of ether oxygens (including phenoxy) is 2. The van der Waals surface area contributed by atoms with Gasteiger partial charge in [-0.2, -0.15) is 15.1 Å². The Morgan fingerprint density at radius 3 is 2.93 bits per heavy atom. The number of nitrogens with one attached hydrogen (secondary N) is 2. The number of aryl methyl sites for hydroxylation is 1. The molecular formula is C29H31ClF2N8O2. The predicted octanol–water partition coefficient (Wildman–Crippen LogP) is 3.80. The Labute approximate surface area is 245 Å².